The molecule has 4 unspecified atom stereocenters. The van der Waals surface area contributed by atoms with Crippen molar-refractivity contribution in [3.05, 3.63) is 29.6 Å². The second-order valence-corrected chi connectivity index (χ2v) is 9.30. The molecule has 5 rings (SSSR count). The van der Waals surface area contributed by atoms with Crippen molar-refractivity contribution in [2.45, 2.75) is 49.9 Å². The summed E-state index contributed by atoms with van der Waals surface area (Å²) in [5.41, 5.74) is 1.31. The largest absolute Gasteiger partial charge is 0.378 e. The van der Waals surface area contributed by atoms with Gasteiger partial charge in [0.15, 0.2) is 0 Å². The molecule has 5 atom stereocenters. The van der Waals surface area contributed by atoms with E-state index in [9.17, 15) is 14.4 Å². The van der Waals surface area contributed by atoms with Crippen LogP contribution in [0.5, 0.6) is 0 Å². The van der Waals surface area contributed by atoms with Gasteiger partial charge in [0.25, 0.3) is 0 Å². The van der Waals surface area contributed by atoms with Gasteiger partial charge in [-0.1, -0.05) is 6.07 Å². The lowest BCUT2D eigenvalue weighted by Gasteiger charge is -2.44. The van der Waals surface area contributed by atoms with Crippen LogP contribution in [-0.4, -0.2) is 74.4 Å². The third-order valence-electron chi connectivity index (χ3n) is 7.38. The number of hydrogen-bond donors (Lipinski definition) is 2. The van der Waals surface area contributed by atoms with Crippen LogP contribution >= 0.6 is 0 Å². The lowest BCUT2D eigenvalue weighted by atomic mass is 9.98. The molecule has 1 aromatic carbocycles. The van der Waals surface area contributed by atoms with Crippen LogP contribution in [0.15, 0.2) is 18.2 Å². The van der Waals surface area contributed by atoms with Gasteiger partial charge in [-0.15, -0.1) is 0 Å². The first-order valence-corrected chi connectivity index (χ1v) is 11.4. The first-order valence-electron chi connectivity index (χ1n) is 11.4. The molecule has 8 heteroatoms. The highest BCUT2D eigenvalue weighted by molar-refractivity contribution is 5.83. The number of morpholine rings is 1. The Morgan fingerprint density at radius 1 is 1.35 bits per heavy atom. The second kappa shape index (κ2) is 8.73. The summed E-state index contributed by atoms with van der Waals surface area (Å²) in [4.78, 5) is 17.3. The van der Waals surface area contributed by atoms with E-state index in [2.05, 4.69) is 26.5 Å². The number of amides is 1. The molecule has 31 heavy (non-hydrogen) atoms. The van der Waals surface area contributed by atoms with Gasteiger partial charge in [0, 0.05) is 44.3 Å². The van der Waals surface area contributed by atoms with Gasteiger partial charge in [0.1, 0.15) is 11.9 Å². The Bertz CT molecular complexity index is 874. The van der Waals surface area contributed by atoms with Crippen molar-refractivity contribution in [3.8, 4) is 6.07 Å². The van der Waals surface area contributed by atoms with Crippen molar-refractivity contribution < 1.29 is 13.9 Å². The number of fused-ring (bicyclic) bond motifs is 3. The van der Waals surface area contributed by atoms with Gasteiger partial charge < -0.3 is 20.3 Å². The minimum Gasteiger partial charge on any atom is -0.378 e. The Labute approximate surface area is 182 Å². The maximum atomic E-state index is 14.9. The molecule has 1 aromatic rings. The zero-order valence-electron chi connectivity index (χ0n) is 17.7. The highest BCUT2D eigenvalue weighted by atomic mass is 19.1. The number of ether oxygens (including phenoxy) is 1. The summed E-state index contributed by atoms with van der Waals surface area (Å²) < 4.78 is 20.5. The number of nitrogens with zero attached hydrogens (tertiary/aromatic N) is 3. The lowest BCUT2D eigenvalue weighted by Crippen LogP contribution is -2.58. The van der Waals surface area contributed by atoms with Crippen LogP contribution in [0.25, 0.3) is 0 Å². The van der Waals surface area contributed by atoms with Crippen molar-refractivity contribution in [2.75, 3.05) is 44.3 Å². The predicted octanol–water partition coefficient (Wildman–Crippen LogP) is 1.04. The van der Waals surface area contributed by atoms with Crippen LogP contribution in [0.2, 0.25) is 0 Å². The van der Waals surface area contributed by atoms with E-state index in [1.807, 2.05) is 6.07 Å². The Hall–Kier alpha value is -2.21. The van der Waals surface area contributed by atoms with E-state index in [0.717, 1.165) is 64.3 Å². The second-order valence-electron chi connectivity index (χ2n) is 9.30. The molecule has 4 fully saturated rings. The monoisotopic (exact) mass is 427 g/mol. The van der Waals surface area contributed by atoms with Crippen molar-refractivity contribution in [2.24, 2.45) is 5.92 Å². The fourth-order valence-corrected chi connectivity index (χ4v) is 5.64. The number of anilines is 1. The van der Waals surface area contributed by atoms with Gasteiger partial charge in [-0.3, -0.25) is 9.69 Å². The van der Waals surface area contributed by atoms with Crippen LogP contribution in [-0.2, 0) is 16.0 Å². The average molecular weight is 428 g/mol. The van der Waals surface area contributed by atoms with E-state index in [-0.39, 0.29) is 24.2 Å². The molecular formula is C23H30FN5O2. The number of hydrogen-bond acceptors (Lipinski definition) is 6. The Balaban J connectivity index is 1.20. The number of nitriles is 1. The molecule has 166 valence electrons. The summed E-state index contributed by atoms with van der Waals surface area (Å²) in [6.45, 7) is 5.11. The predicted molar refractivity (Wildman–Crippen MR) is 114 cm³/mol. The van der Waals surface area contributed by atoms with Crippen molar-refractivity contribution in [1.82, 2.24) is 15.5 Å². The summed E-state index contributed by atoms with van der Waals surface area (Å²) in [7, 11) is 0. The molecule has 1 saturated carbocycles. The number of rotatable bonds is 5. The quantitative estimate of drug-likeness (QED) is 0.731. The highest BCUT2D eigenvalue weighted by Crippen LogP contribution is 2.35. The molecule has 2 bridgehead atoms. The van der Waals surface area contributed by atoms with E-state index in [0.29, 0.717) is 23.6 Å². The SMILES string of the molecule is N#C[C@H](Cc1ccc(N2CCN3CCOCC3C2)cc1F)NC(=O)C1NC2CCC1C2. The number of piperazine rings is 1. The van der Waals surface area contributed by atoms with Crippen LogP contribution in [0.1, 0.15) is 24.8 Å². The maximum Gasteiger partial charge on any atom is 0.238 e. The van der Waals surface area contributed by atoms with Gasteiger partial charge in [-0.25, -0.2) is 4.39 Å². The molecule has 4 aliphatic rings. The molecule has 7 nitrogen and oxygen atoms in total. The van der Waals surface area contributed by atoms with Gasteiger partial charge in [0.05, 0.1) is 31.4 Å². The van der Waals surface area contributed by atoms with Crippen molar-refractivity contribution >= 4 is 11.6 Å². The summed E-state index contributed by atoms with van der Waals surface area (Å²) >= 11 is 0. The van der Waals surface area contributed by atoms with E-state index < -0.39 is 6.04 Å². The smallest absolute Gasteiger partial charge is 0.238 e. The molecule has 3 aliphatic heterocycles. The maximum absolute atomic E-state index is 14.9. The highest BCUT2D eigenvalue weighted by Gasteiger charge is 2.43. The van der Waals surface area contributed by atoms with E-state index in [1.165, 1.54) is 0 Å². The molecule has 2 N–H and O–H groups in total. The third-order valence-corrected chi connectivity index (χ3v) is 7.38. The van der Waals surface area contributed by atoms with E-state index >= 15 is 0 Å². The first kappa shape index (κ1) is 20.7. The zero-order valence-corrected chi connectivity index (χ0v) is 17.7. The summed E-state index contributed by atoms with van der Waals surface area (Å²) in [5, 5.41) is 15.7. The Morgan fingerprint density at radius 3 is 3.00 bits per heavy atom. The van der Waals surface area contributed by atoms with Crippen LogP contribution in [0.3, 0.4) is 0 Å². The number of nitrogens with one attached hydrogen (secondary N) is 2. The van der Waals surface area contributed by atoms with Crippen LogP contribution in [0.4, 0.5) is 10.1 Å². The van der Waals surface area contributed by atoms with E-state index in [1.54, 1.807) is 12.1 Å². The fourth-order valence-electron chi connectivity index (χ4n) is 5.64. The van der Waals surface area contributed by atoms with Crippen LogP contribution in [0, 0.1) is 23.1 Å². The topological polar surface area (TPSA) is 80.6 Å². The number of carbonyl (C=O) groups is 1. The Kier molecular flexibility index (Phi) is 5.83. The molecule has 0 radical (unpaired) electrons. The third kappa shape index (κ3) is 4.27. The molecule has 3 saturated heterocycles. The number of piperidine rings is 1. The van der Waals surface area contributed by atoms with Gasteiger partial charge >= 0.3 is 0 Å². The fraction of sp³-hybridized carbons (Fsp3) is 0.652. The lowest BCUT2D eigenvalue weighted by molar-refractivity contribution is -0.124. The molecule has 1 amide bonds. The molecular weight excluding hydrogens is 397 g/mol. The molecule has 0 spiro atoms. The molecule has 1 aliphatic carbocycles. The van der Waals surface area contributed by atoms with E-state index in [4.69, 9.17) is 4.74 Å². The summed E-state index contributed by atoms with van der Waals surface area (Å²) in [6.07, 6.45) is 3.38. The zero-order chi connectivity index (χ0) is 21.4. The minimum atomic E-state index is -0.739. The minimum absolute atomic E-state index is 0.136. The first-order chi connectivity index (χ1) is 15.1. The van der Waals surface area contributed by atoms with Crippen molar-refractivity contribution in [1.29, 1.82) is 5.26 Å². The normalized spacial score (nSPS) is 31.2. The number of carbonyl (C=O) groups excluding carboxylic acids is 1. The summed E-state index contributed by atoms with van der Waals surface area (Å²) in [5.74, 6) is -0.105. The number of benzene rings is 1. The van der Waals surface area contributed by atoms with Crippen LogP contribution < -0.4 is 15.5 Å². The van der Waals surface area contributed by atoms with Gasteiger partial charge in [-0.2, -0.15) is 5.26 Å². The Morgan fingerprint density at radius 2 is 2.26 bits per heavy atom. The number of halogens is 1. The molecule has 3 heterocycles. The summed E-state index contributed by atoms with van der Waals surface area (Å²) in [6, 6.07) is 7.18. The average Bonchev–Trinajstić information content (AvgIpc) is 3.43. The standard InChI is InChI=1S/C23H30FN5O2/c24-21-11-19(29-6-5-28-7-8-31-14-20(28)13-29)4-2-15(21)9-18(12-25)27-23(30)22-16-1-3-17(10-16)26-22/h2,4,11,16-18,20,22,26H,1,3,5-10,13-14H2,(H,27,30)/t16?,17?,18-,20?,22?/m0/s1. The van der Waals surface area contributed by atoms with Gasteiger partial charge in [0.2, 0.25) is 5.91 Å². The van der Waals surface area contributed by atoms with Crippen molar-refractivity contribution in [3.63, 3.8) is 0 Å². The molecule has 0 aromatic heterocycles. The van der Waals surface area contributed by atoms with Gasteiger partial charge in [-0.05, 0) is 42.9 Å².